The maximum absolute atomic E-state index is 12.4. The standard InChI is InChI=1S/C14H11Cl2NO/c1-8-3-2-4-10(13(8)17)14(18)11-7-9(15)5-6-12(11)16/h2-7H,17H2,1H3. The van der Waals surface area contributed by atoms with E-state index in [-0.39, 0.29) is 5.78 Å². The highest BCUT2D eigenvalue weighted by atomic mass is 35.5. The molecular weight excluding hydrogens is 269 g/mol. The number of nitrogens with two attached hydrogens (primary N) is 1. The summed E-state index contributed by atoms with van der Waals surface area (Å²) in [4.78, 5) is 12.4. The number of para-hydroxylation sites is 1. The zero-order chi connectivity index (χ0) is 13.3. The van der Waals surface area contributed by atoms with Gasteiger partial charge in [-0.05, 0) is 36.8 Å². The Morgan fingerprint density at radius 2 is 1.83 bits per heavy atom. The summed E-state index contributed by atoms with van der Waals surface area (Å²) in [6, 6.07) is 10.1. The van der Waals surface area contributed by atoms with E-state index in [0.29, 0.717) is 26.9 Å². The molecule has 2 aromatic rings. The SMILES string of the molecule is Cc1cccc(C(=O)c2cc(Cl)ccc2Cl)c1N. The van der Waals surface area contributed by atoms with Gasteiger partial charge in [0, 0.05) is 21.8 Å². The van der Waals surface area contributed by atoms with Gasteiger partial charge in [-0.2, -0.15) is 0 Å². The largest absolute Gasteiger partial charge is 0.398 e. The number of nitrogen functional groups attached to an aromatic ring is 1. The number of hydrogen-bond donors (Lipinski definition) is 1. The van der Waals surface area contributed by atoms with Crippen LogP contribution in [-0.2, 0) is 0 Å². The Kier molecular flexibility index (Phi) is 3.60. The second-order valence-electron chi connectivity index (χ2n) is 3.99. The van der Waals surface area contributed by atoms with Gasteiger partial charge in [0.25, 0.3) is 0 Å². The molecule has 2 aromatic carbocycles. The Hall–Kier alpha value is -1.51. The van der Waals surface area contributed by atoms with Crippen LogP contribution in [-0.4, -0.2) is 5.78 Å². The number of halogens is 2. The van der Waals surface area contributed by atoms with Crippen molar-refractivity contribution in [2.24, 2.45) is 0 Å². The minimum Gasteiger partial charge on any atom is -0.398 e. The zero-order valence-electron chi connectivity index (χ0n) is 9.71. The fourth-order valence-electron chi connectivity index (χ4n) is 1.70. The lowest BCUT2D eigenvalue weighted by Gasteiger charge is -2.08. The van der Waals surface area contributed by atoms with Gasteiger partial charge < -0.3 is 5.73 Å². The Morgan fingerprint density at radius 1 is 1.11 bits per heavy atom. The summed E-state index contributed by atoms with van der Waals surface area (Å²) >= 11 is 11.9. The lowest BCUT2D eigenvalue weighted by molar-refractivity contribution is 0.103. The molecule has 0 aliphatic carbocycles. The van der Waals surface area contributed by atoms with Crippen molar-refractivity contribution >= 4 is 34.7 Å². The molecular formula is C14H11Cl2NO. The molecule has 2 rings (SSSR count). The van der Waals surface area contributed by atoms with Crippen molar-refractivity contribution in [3.8, 4) is 0 Å². The van der Waals surface area contributed by atoms with E-state index >= 15 is 0 Å². The number of benzene rings is 2. The second-order valence-corrected chi connectivity index (χ2v) is 4.83. The lowest BCUT2D eigenvalue weighted by atomic mass is 9.99. The molecule has 0 saturated carbocycles. The molecule has 2 N–H and O–H groups in total. The Balaban J connectivity index is 2.55. The van der Waals surface area contributed by atoms with E-state index in [4.69, 9.17) is 28.9 Å². The van der Waals surface area contributed by atoms with E-state index < -0.39 is 0 Å². The molecule has 2 nitrogen and oxygen atoms in total. The summed E-state index contributed by atoms with van der Waals surface area (Å²) in [6.07, 6.45) is 0. The molecule has 0 amide bonds. The van der Waals surface area contributed by atoms with Crippen LogP contribution in [0.4, 0.5) is 5.69 Å². The normalized spacial score (nSPS) is 10.4. The van der Waals surface area contributed by atoms with Gasteiger partial charge in [-0.3, -0.25) is 4.79 Å². The Morgan fingerprint density at radius 3 is 2.56 bits per heavy atom. The highest BCUT2D eigenvalue weighted by Gasteiger charge is 2.16. The van der Waals surface area contributed by atoms with E-state index in [0.717, 1.165) is 5.56 Å². The van der Waals surface area contributed by atoms with E-state index in [1.165, 1.54) is 0 Å². The van der Waals surface area contributed by atoms with Crippen molar-refractivity contribution in [3.63, 3.8) is 0 Å². The topological polar surface area (TPSA) is 43.1 Å². The van der Waals surface area contributed by atoms with Gasteiger partial charge in [-0.1, -0.05) is 35.3 Å². The van der Waals surface area contributed by atoms with Gasteiger partial charge in [0.15, 0.2) is 5.78 Å². The van der Waals surface area contributed by atoms with Crippen LogP contribution in [0.15, 0.2) is 36.4 Å². The fraction of sp³-hybridized carbons (Fsp3) is 0.0714. The molecule has 4 heteroatoms. The highest BCUT2D eigenvalue weighted by molar-refractivity contribution is 6.37. The molecule has 0 bridgehead atoms. The molecule has 0 fully saturated rings. The van der Waals surface area contributed by atoms with E-state index in [2.05, 4.69) is 0 Å². The van der Waals surface area contributed by atoms with Gasteiger partial charge in [0.05, 0.1) is 5.02 Å². The number of ketones is 1. The molecule has 0 aromatic heterocycles. The maximum Gasteiger partial charge on any atom is 0.196 e. The van der Waals surface area contributed by atoms with E-state index in [1.807, 2.05) is 13.0 Å². The quantitative estimate of drug-likeness (QED) is 0.664. The van der Waals surface area contributed by atoms with Crippen molar-refractivity contribution in [3.05, 3.63) is 63.1 Å². The number of carbonyl (C=O) groups is 1. The molecule has 0 radical (unpaired) electrons. The summed E-state index contributed by atoms with van der Waals surface area (Å²) in [5.74, 6) is -0.219. The Labute approximate surface area is 115 Å². The average molecular weight is 280 g/mol. The van der Waals surface area contributed by atoms with Gasteiger partial charge in [0.2, 0.25) is 0 Å². The first-order valence-electron chi connectivity index (χ1n) is 5.35. The second kappa shape index (κ2) is 5.01. The maximum atomic E-state index is 12.4. The number of rotatable bonds is 2. The first-order chi connectivity index (χ1) is 8.50. The van der Waals surface area contributed by atoms with Crippen LogP contribution >= 0.6 is 23.2 Å². The van der Waals surface area contributed by atoms with E-state index in [1.54, 1.807) is 30.3 Å². The van der Waals surface area contributed by atoms with Crippen LogP contribution in [0.25, 0.3) is 0 Å². The molecule has 92 valence electrons. The average Bonchev–Trinajstić information content (AvgIpc) is 2.35. The van der Waals surface area contributed by atoms with Gasteiger partial charge in [-0.15, -0.1) is 0 Å². The molecule has 0 atom stereocenters. The number of anilines is 1. The van der Waals surface area contributed by atoms with Gasteiger partial charge in [0.1, 0.15) is 0 Å². The summed E-state index contributed by atoms with van der Waals surface area (Å²) < 4.78 is 0. The predicted octanol–water partition coefficient (Wildman–Crippen LogP) is 4.12. The smallest absolute Gasteiger partial charge is 0.196 e. The summed E-state index contributed by atoms with van der Waals surface area (Å²) in [6.45, 7) is 1.85. The van der Waals surface area contributed by atoms with E-state index in [9.17, 15) is 4.79 Å². The zero-order valence-corrected chi connectivity index (χ0v) is 11.2. The van der Waals surface area contributed by atoms with Gasteiger partial charge in [-0.25, -0.2) is 0 Å². The van der Waals surface area contributed by atoms with Crippen molar-refractivity contribution in [1.82, 2.24) is 0 Å². The minimum absolute atomic E-state index is 0.219. The lowest BCUT2D eigenvalue weighted by Crippen LogP contribution is -2.07. The minimum atomic E-state index is -0.219. The van der Waals surface area contributed by atoms with Crippen molar-refractivity contribution in [1.29, 1.82) is 0 Å². The van der Waals surface area contributed by atoms with Crippen LogP contribution in [0.5, 0.6) is 0 Å². The number of aryl methyl sites for hydroxylation is 1. The molecule has 0 saturated heterocycles. The summed E-state index contributed by atoms with van der Waals surface area (Å²) in [7, 11) is 0. The summed E-state index contributed by atoms with van der Waals surface area (Å²) in [5.41, 5.74) is 8.05. The van der Waals surface area contributed by atoms with Crippen molar-refractivity contribution < 1.29 is 4.79 Å². The Bertz CT molecular complexity index is 619. The molecule has 0 unspecified atom stereocenters. The van der Waals surface area contributed by atoms with Crippen LogP contribution in [0.1, 0.15) is 21.5 Å². The van der Waals surface area contributed by atoms with Gasteiger partial charge >= 0.3 is 0 Å². The van der Waals surface area contributed by atoms with Crippen molar-refractivity contribution in [2.75, 3.05) is 5.73 Å². The molecule has 0 spiro atoms. The van der Waals surface area contributed by atoms with Crippen LogP contribution in [0.2, 0.25) is 10.0 Å². The van der Waals surface area contributed by atoms with Crippen molar-refractivity contribution in [2.45, 2.75) is 6.92 Å². The first kappa shape index (κ1) is 12.9. The van der Waals surface area contributed by atoms with Crippen LogP contribution < -0.4 is 5.73 Å². The highest BCUT2D eigenvalue weighted by Crippen LogP contribution is 2.26. The molecule has 0 aliphatic heterocycles. The third kappa shape index (κ3) is 2.35. The summed E-state index contributed by atoms with van der Waals surface area (Å²) in [5, 5.41) is 0.833. The predicted molar refractivity (Wildman–Crippen MR) is 75.5 cm³/mol. The third-order valence-corrected chi connectivity index (χ3v) is 3.31. The number of hydrogen-bond acceptors (Lipinski definition) is 2. The molecule has 18 heavy (non-hydrogen) atoms. The fourth-order valence-corrected chi connectivity index (χ4v) is 2.07. The van der Waals surface area contributed by atoms with Crippen LogP contribution in [0.3, 0.4) is 0 Å². The monoisotopic (exact) mass is 279 g/mol. The van der Waals surface area contributed by atoms with Crippen LogP contribution in [0, 0.1) is 6.92 Å². The first-order valence-corrected chi connectivity index (χ1v) is 6.11. The number of carbonyl (C=O) groups excluding carboxylic acids is 1. The molecule has 0 aliphatic rings. The third-order valence-electron chi connectivity index (χ3n) is 2.74. The molecule has 0 heterocycles.